The summed E-state index contributed by atoms with van der Waals surface area (Å²) in [6.07, 6.45) is -5.80. The molecule has 0 spiro atoms. The van der Waals surface area contributed by atoms with E-state index in [4.69, 9.17) is 5.11 Å². The van der Waals surface area contributed by atoms with Gasteiger partial charge in [0.2, 0.25) is 0 Å². The molecule has 0 radical (unpaired) electrons. The van der Waals surface area contributed by atoms with Gasteiger partial charge in [0.1, 0.15) is 5.82 Å². The maximum Gasteiger partial charge on any atom is 0.391 e. The van der Waals surface area contributed by atoms with Gasteiger partial charge < -0.3 is 5.11 Å². The van der Waals surface area contributed by atoms with Crippen LogP contribution in [0.5, 0.6) is 0 Å². The van der Waals surface area contributed by atoms with Crippen LogP contribution in [-0.4, -0.2) is 16.3 Å². The smallest absolute Gasteiger partial charge is 0.388 e. The third-order valence-electron chi connectivity index (χ3n) is 1.54. The molecule has 0 bridgehead atoms. The number of aliphatic hydroxyl groups excluding tert-OH is 1. The van der Waals surface area contributed by atoms with Crippen LogP contribution in [0.4, 0.5) is 17.6 Å². The Morgan fingerprint density at radius 3 is 2.50 bits per heavy atom. The van der Waals surface area contributed by atoms with Crippen LogP contribution in [0.2, 0.25) is 0 Å². The van der Waals surface area contributed by atoms with Crippen molar-refractivity contribution in [1.82, 2.24) is 4.98 Å². The number of aromatic nitrogens is 1. The lowest BCUT2D eigenvalue weighted by molar-refractivity contribution is -0.154. The summed E-state index contributed by atoms with van der Waals surface area (Å²) >= 11 is 0. The second-order valence-corrected chi connectivity index (χ2v) is 2.77. The number of alkyl halides is 3. The zero-order valence-corrected chi connectivity index (χ0v) is 6.92. The van der Waals surface area contributed by atoms with Gasteiger partial charge in [0.05, 0.1) is 18.7 Å². The molecular formula is C8H7F4NO. The van der Waals surface area contributed by atoms with Crippen molar-refractivity contribution in [2.75, 3.05) is 0 Å². The van der Waals surface area contributed by atoms with Gasteiger partial charge in [-0.15, -0.1) is 0 Å². The molecule has 6 heteroatoms. The normalized spacial score (nSPS) is 14.1. The largest absolute Gasteiger partial charge is 0.391 e. The molecule has 1 rings (SSSR count). The van der Waals surface area contributed by atoms with Crippen molar-refractivity contribution >= 4 is 0 Å². The quantitative estimate of drug-likeness (QED) is 0.757. The molecule has 14 heavy (non-hydrogen) atoms. The third kappa shape index (κ3) is 3.29. The molecule has 1 unspecified atom stereocenters. The lowest BCUT2D eigenvalue weighted by Gasteiger charge is -2.12. The summed E-state index contributed by atoms with van der Waals surface area (Å²) in [7, 11) is 0. The molecule has 0 saturated heterocycles. The predicted molar refractivity (Wildman–Crippen MR) is 39.8 cm³/mol. The number of hydrogen-bond donors (Lipinski definition) is 1. The highest BCUT2D eigenvalue weighted by Crippen LogP contribution is 2.28. The average molecular weight is 209 g/mol. The summed E-state index contributed by atoms with van der Waals surface area (Å²) < 4.78 is 48.0. The van der Waals surface area contributed by atoms with Gasteiger partial charge in [-0.2, -0.15) is 13.2 Å². The summed E-state index contributed by atoms with van der Waals surface area (Å²) in [4.78, 5) is 3.33. The van der Waals surface area contributed by atoms with E-state index in [9.17, 15) is 17.6 Å². The molecule has 1 aromatic rings. The summed E-state index contributed by atoms with van der Waals surface area (Å²) in [5.74, 6) is -0.774. The summed E-state index contributed by atoms with van der Waals surface area (Å²) in [6.45, 7) is 0. The van der Waals surface area contributed by atoms with Crippen molar-refractivity contribution in [2.24, 2.45) is 0 Å². The van der Waals surface area contributed by atoms with Crippen LogP contribution in [0.3, 0.4) is 0 Å². The van der Waals surface area contributed by atoms with Gasteiger partial charge >= 0.3 is 6.18 Å². The van der Waals surface area contributed by atoms with E-state index < -0.39 is 24.5 Å². The SMILES string of the molecule is OC(CC(F)(F)F)c1cncc(F)c1. The van der Waals surface area contributed by atoms with E-state index in [0.29, 0.717) is 0 Å². The molecule has 0 aromatic carbocycles. The highest BCUT2D eigenvalue weighted by Gasteiger charge is 2.31. The zero-order valence-electron chi connectivity index (χ0n) is 6.92. The maximum absolute atomic E-state index is 12.5. The molecule has 1 heterocycles. The number of rotatable bonds is 2. The van der Waals surface area contributed by atoms with E-state index in [1.165, 1.54) is 0 Å². The molecular weight excluding hydrogens is 202 g/mol. The number of nitrogens with zero attached hydrogens (tertiary/aromatic N) is 1. The minimum atomic E-state index is -4.48. The highest BCUT2D eigenvalue weighted by atomic mass is 19.4. The topological polar surface area (TPSA) is 33.1 Å². The molecule has 0 aliphatic carbocycles. The van der Waals surface area contributed by atoms with Crippen LogP contribution in [0.25, 0.3) is 0 Å². The molecule has 0 amide bonds. The van der Waals surface area contributed by atoms with Gasteiger partial charge in [-0.3, -0.25) is 4.98 Å². The van der Waals surface area contributed by atoms with Gasteiger partial charge in [-0.05, 0) is 6.07 Å². The lowest BCUT2D eigenvalue weighted by Crippen LogP contribution is -2.13. The van der Waals surface area contributed by atoms with Gasteiger partial charge in [0.25, 0.3) is 0 Å². The average Bonchev–Trinajstić information content (AvgIpc) is 2.01. The second kappa shape index (κ2) is 3.91. The fourth-order valence-corrected chi connectivity index (χ4v) is 0.948. The third-order valence-corrected chi connectivity index (χ3v) is 1.54. The van der Waals surface area contributed by atoms with Gasteiger partial charge in [-0.1, -0.05) is 0 Å². The van der Waals surface area contributed by atoms with Crippen LogP contribution in [0, 0.1) is 5.82 Å². The van der Waals surface area contributed by atoms with Crippen molar-refractivity contribution in [2.45, 2.75) is 18.7 Å². The Labute approximate surface area is 77.2 Å². The fourth-order valence-electron chi connectivity index (χ4n) is 0.948. The summed E-state index contributed by atoms with van der Waals surface area (Å²) in [5, 5.41) is 9.05. The van der Waals surface area contributed by atoms with E-state index in [-0.39, 0.29) is 5.56 Å². The Morgan fingerprint density at radius 2 is 2.00 bits per heavy atom. The standard InChI is InChI=1S/C8H7F4NO/c9-6-1-5(3-13-4-6)7(14)2-8(10,11)12/h1,3-4,7,14H,2H2. The van der Waals surface area contributed by atoms with Crippen molar-refractivity contribution in [3.63, 3.8) is 0 Å². The molecule has 0 aliphatic rings. The Kier molecular flexibility index (Phi) is 3.05. The summed E-state index contributed by atoms with van der Waals surface area (Å²) in [5.41, 5.74) is -0.178. The van der Waals surface area contributed by atoms with Crippen molar-refractivity contribution in [3.8, 4) is 0 Å². The molecule has 0 saturated carbocycles. The van der Waals surface area contributed by atoms with Gasteiger partial charge in [-0.25, -0.2) is 4.39 Å². The first kappa shape index (κ1) is 10.9. The molecule has 0 aliphatic heterocycles. The molecule has 2 nitrogen and oxygen atoms in total. The monoisotopic (exact) mass is 209 g/mol. The zero-order chi connectivity index (χ0) is 10.8. The number of aliphatic hydroxyl groups is 1. The first-order chi connectivity index (χ1) is 6.38. The van der Waals surface area contributed by atoms with E-state index in [1.807, 2.05) is 0 Å². The van der Waals surface area contributed by atoms with Gasteiger partial charge in [0, 0.05) is 11.8 Å². The summed E-state index contributed by atoms with van der Waals surface area (Å²) in [6, 6.07) is 0.823. The highest BCUT2D eigenvalue weighted by molar-refractivity contribution is 5.13. The Morgan fingerprint density at radius 1 is 1.36 bits per heavy atom. The van der Waals surface area contributed by atoms with Crippen LogP contribution in [0.15, 0.2) is 18.5 Å². The number of hydrogen-bond acceptors (Lipinski definition) is 2. The number of halogens is 4. The van der Waals surface area contributed by atoms with E-state index in [1.54, 1.807) is 0 Å². The van der Waals surface area contributed by atoms with Crippen LogP contribution in [-0.2, 0) is 0 Å². The predicted octanol–water partition coefficient (Wildman–Crippen LogP) is 2.21. The van der Waals surface area contributed by atoms with Crippen LogP contribution in [0.1, 0.15) is 18.1 Å². The van der Waals surface area contributed by atoms with Gasteiger partial charge in [0.15, 0.2) is 0 Å². The van der Waals surface area contributed by atoms with Crippen LogP contribution >= 0.6 is 0 Å². The minimum Gasteiger partial charge on any atom is -0.388 e. The second-order valence-electron chi connectivity index (χ2n) is 2.77. The first-order valence-corrected chi connectivity index (χ1v) is 3.74. The molecule has 78 valence electrons. The van der Waals surface area contributed by atoms with Crippen molar-refractivity contribution < 1.29 is 22.7 Å². The fraction of sp³-hybridized carbons (Fsp3) is 0.375. The molecule has 0 fully saturated rings. The van der Waals surface area contributed by atoms with Crippen LogP contribution < -0.4 is 0 Å². The van der Waals surface area contributed by atoms with Crippen molar-refractivity contribution in [1.29, 1.82) is 0 Å². The van der Waals surface area contributed by atoms with E-state index >= 15 is 0 Å². The maximum atomic E-state index is 12.5. The van der Waals surface area contributed by atoms with Crippen molar-refractivity contribution in [3.05, 3.63) is 29.8 Å². The Balaban J connectivity index is 2.74. The molecule has 1 N–H and O–H groups in total. The first-order valence-electron chi connectivity index (χ1n) is 3.74. The Bertz CT molecular complexity index is 312. The lowest BCUT2D eigenvalue weighted by atomic mass is 10.1. The van der Waals surface area contributed by atoms with E-state index in [0.717, 1.165) is 18.5 Å². The minimum absolute atomic E-state index is 0.178. The Hall–Kier alpha value is -1.17. The van der Waals surface area contributed by atoms with E-state index in [2.05, 4.69) is 4.98 Å². The molecule has 1 aromatic heterocycles. The number of pyridine rings is 1. The molecule has 1 atom stereocenters.